The van der Waals surface area contributed by atoms with Crippen LogP contribution in [0.2, 0.25) is 0 Å². The molecule has 0 radical (unpaired) electrons. The minimum atomic E-state index is -0.714. The molecule has 1 aromatic rings. The van der Waals surface area contributed by atoms with Crippen LogP contribution in [0.4, 0.5) is 5.69 Å². The molecule has 0 saturated carbocycles. The Morgan fingerprint density at radius 3 is 3.13 bits per heavy atom. The van der Waals surface area contributed by atoms with Crippen LogP contribution in [0.25, 0.3) is 0 Å². The van der Waals surface area contributed by atoms with Crippen LogP contribution in [-0.4, -0.2) is 17.6 Å². The van der Waals surface area contributed by atoms with E-state index in [-0.39, 0.29) is 6.42 Å². The van der Waals surface area contributed by atoms with Crippen molar-refractivity contribution in [2.75, 3.05) is 11.9 Å². The molecule has 0 fully saturated rings. The summed E-state index contributed by atoms with van der Waals surface area (Å²) in [5, 5.41) is 11.9. The summed E-state index contributed by atoms with van der Waals surface area (Å²) < 4.78 is 0. The van der Waals surface area contributed by atoms with E-state index in [1.165, 1.54) is 16.8 Å². The van der Waals surface area contributed by atoms with E-state index in [4.69, 9.17) is 5.11 Å². The van der Waals surface area contributed by atoms with Gasteiger partial charge in [-0.15, -0.1) is 0 Å². The number of aryl methyl sites for hydroxylation is 1. The van der Waals surface area contributed by atoms with E-state index in [1.807, 2.05) is 0 Å². The predicted octanol–water partition coefficient (Wildman–Crippen LogP) is 2.06. The zero-order valence-electron chi connectivity index (χ0n) is 8.62. The first-order chi connectivity index (χ1) is 7.25. The summed E-state index contributed by atoms with van der Waals surface area (Å²) in [6.07, 6.45) is 2.92. The Balaban J connectivity index is 1.95. The van der Waals surface area contributed by atoms with Gasteiger partial charge in [-0.1, -0.05) is 12.1 Å². The summed E-state index contributed by atoms with van der Waals surface area (Å²) in [5.41, 5.74) is 3.82. The van der Waals surface area contributed by atoms with Gasteiger partial charge in [0, 0.05) is 18.7 Å². The highest BCUT2D eigenvalue weighted by atomic mass is 16.4. The predicted molar refractivity (Wildman–Crippen MR) is 59.2 cm³/mol. The van der Waals surface area contributed by atoms with Gasteiger partial charge in [-0.3, -0.25) is 4.79 Å². The van der Waals surface area contributed by atoms with E-state index in [0.717, 1.165) is 19.4 Å². The Bertz CT molecular complexity index is 374. The summed E-state index contributed by atoms with van der Waals surface area (Å²) in [6.45, 7) is 1.02. The molecule has 0 spiro atoms. The number of benzene rings is 1. The standard InChI is InChI=1S/C12H15NO2/c14-12(15)3-1-2-9-4-5-10-6-7-13-11(10)8-9/h4-5,8,13H,1-3,6-7H2,(H,14,15). The first-order valence-corrected chi connectivity index (χ1v) is 5.33. The fourth-order valence-electron chi connectivity index (χ4n) is 1.94. The lowest BCUT2D eigenvalue weighted by atomic mass is 10.0. The molecule has 0 saturated heterocycles. The molecule has 2 rings (SSSR count). The van der Waals surface area contributed by atoms with Gasteiger partial charge in [0.05, 0.1) is 0 Å². The molecule has 1 aromatic carbocycles. The molecule has 1 aliphatic rings. The largest absolute Gasteiger partial charge is 0.481 e. The highest BCUT2D eigenvalue weighted by molar-refractivity contribution is 5.66. The second-order valence-electron chi connectivity index (χ2n) is 3.92. The van der Waals surface area contributed by atoms with E-state index in [2.05, 4.69) is 23.5 Å². The van der Waals surface area contributed by atoms with E-state index < -0.39 is 5.97 Å². The Hall–Kier alpha value is -1.51. The van der Waals surface area contributed by atoms with Crippen molar-refractivity contribution in [2.45, 2.75) is 25.7 Å². The zero-order valence-corrected chi connectivity index (χ0v) is 8.62. The molecule has 0 bridgehead atoms. The molecule has 3 nitrogen and oxygen atoms in total. The number of carboxylic acid groups (broad SMARTS) is 1. The van der Waals surface area contributed by atoms with Gasteiger partial charge in [0.2, 0.25) is 0 Å². The topological polar surface area (TPSA) is 49.3 Å². The van der Waals surface area contributed by atoms with Crippen molar-refractivity contribution < 1.29 is 9.90 Å². The van der Waals surface area contributed by atoms with Crippen LogP contribution in [0.15, 0.2) is 18.2 Å². The van der Waals surface area contributed by atoms with Gasteiger partial charge in [0.1, 0.15) is 0 Å². The lowest BCUT2D eigenvalue weighted by Gasteiger charge is -2.04. The highest BCUT2D eigenvalue weighted by Crippen LogP contribution is 2.23. The van der Waals surface area contributed by atoms with Crippen LogP contribution >= 0.6 is 0 Å². The molecule has 0 aromatic heterocycles. The number of anilines is 1. The highest BCUT2D eigenvalue weighted by Gasteiger charge is 2.09. The van der Waals surface area contributed by atoms with E-state index in [1.54, 1.807) is 0 Å². The van der Waals surface area contributed by atoms with Crippen molar-refractivity contribution in [3.8, 4) is 0 Å². The summed E-state index contributed by atoms with van der Waals surface area (Å²) in [6, 6.07) is 6.39. The first-order valence-electron chi connectivity index (χ1n) is 5.33. The Morgan fingerprint density at radius 1 is 1.47 bits per heavy atom. The monoisotopic (exact) mass is 205 g/mol. The van der Waals surface area contributed by atoms with Crippen LogP contribution in [0, 0.1) is 0 Å². The summed E-state index contributed by atoms with van der Waals surface area (Å²) in [5.74, 6) is -0.714. The number of carboxylic acids is 1. The molecule has 15 heavy (non-hydrogen) atoms. The van der Waals surface area contributed by atoms with Crippen molar-refractivity contribution >= 4 is 11.7 Å². The average molecular weight is 205 g/mol. The number of aliphatic carboxylic acids is 1. The van der Waals surface area contributed by atoms with Gasteiger partial charge in [-0.05, 0) is 36.5 Å². The second kappa shape index (κ2) is 4.34. The number of hydrogen-bond acceptors (Lipinski definition) is 2. The third kappa shape index (κ3) is 2.49. The summed E-state index contributed by atoms with van der Waals surface area (Å²) in [4.78, 5) is 10.4. The molecule has 0 aliphatic carbocycles. The molecule has 3 heteroatoms. The molecular formula is C12H15NO2. The maximum atomic E-state index is 10.4. The van der Waals surface area contributed by atoms with Gasteiger partial charge in [0.25, 0.3) is 0 Å². The van der Waals surface area contributed by atoms with Crippen molar-refractivity contribution in [1.82, 2.24) is 0 Å². The fraction of sp³-hybridized carbons (Fsp3) is 0.417. The molecule has 1 aliphatic heterocycles. The van der Waals surface area contributed by atoms with Crippen molar-refractivity contribution in [1.29, 1.82) is 0 Å². The maximum absolute atomic E-state index is 10.4. The third-order valence-corrected chi connectivity index (χ3v) is 2.74. The molecule has 2 N–H and O–H groups in total. The first kappa shape index (κ1) is 10.0. The minimum absolute atomic E-state index is 0.254. The SMILES string of the molecule is O=C(O)CCCc1ccc2c(c1)NCC2. The number of rotatable bonds is 4. The van der Waals surface area contributed by atoms with E-state index in [0.29, 0.717) is 6.42 Å². The average Bonchev–Trinajstić information content (AvgIpc) is 2.64. The van der Waals surface area contributed by atoms with Crippen LogP contribution in [0.3, 0.4) is 0 Å². The van der Waals surface area contributed by atoms with E-state index in [9.17, 15) is 4.79 Å². The Labute approximate surface area is 89.1 Å². The van der Waals surface area contributed by atoms with Crippen LogP contribution in [-0.2, 0) is 17.6 Å². The van der Waals surface area contributed by atoms with Gasteiger partial charge >= 0.3 is 5.97 Å². The smallest absolute Gasteiger partial charge is 0.303 e. The number of nitrogens with one attached hydrogen (secondary N) is 1. The molecule has 0 atom stereocenters. The number of fused-ring (bicyclic) bond motifs is 1. The Morgan fingerprint density at radius 2 is 2.33 bits per heavy atom. The van der Waals surface area contributed by atoms with Crippen LogP contribution in [0.5, 0.6) is 0 Å². The lowest BCUT2D eigenvalue weighted by molar-refractivity contribution is -0.137. The molecule has 80 valence electrons. The maximum Gasteiger partial charge on any atom is 0.303 e. The van der Waals surface area contributed by atoms with E-state index >= 15 is 0 Å². The van der Waals surface area contributed by atoms with Gasteiger partial charge in [-0.2, -0.15) is 0 Å². The fourth-order valence-corrected chi connectivity index (χ4v) is 1.94. The second-order valence-corrected chi connectivity index (χ2v) is 3.92. The summed E-state index contributed by atoms with van der Waals surface area (Å²) in [7, 11) is 0. The third-order valence-electron chi connectivity index (χ3n) is 2.74. The van der Waals surface area contributed by atoms with Gasteiger partial charge in [-0.25, -0.2) is 0 Å². The van der Waals surface area contributed by atoms with Crippen molar-refractivity contribution in [2.24, 2.45) is 0 Å². The summed E-state index contributed by atoms with van der Waals surface area (Å²) >= 11 is 0. The van der Waals surface area contributed by atoms with Crippen molar-refractivity contribution in [3.05, 3.63) is 29.3 Å². The molecule has 0 unspecified atom stereocenters. The van der Waals surface area contributed by atoms with Crippen LogP contribution in [0.1, 0.15) is 24.0 Å². The van der Waals surface area contributed by atoms with Crippen LogP contribution < -0.4 is 5.32 Å². The minimum Gasteiger partial charge on any atom is -0.481 e. The van der Waals surface area contributed by atoms with Crippen molar-refractivity contribution in [3.63, 3.8) is 0 Å². The molecular weight excluding hydrogens is 190 g/mol. The number of hydrogen-bond donors (Lipinski definition) is 2. The normalized spacial score (nSPS) is 13.3. The lowest BCUT2D eigenvalue weighted by Crippen LogP contribution is -1.96. The zero-order chi connectivity index (χ0) is 10.7. The van der Waals surface area contributed by atoms with Gasteiger partial charge in [0.15, 0.2) is 0 Å². The molecule has 1 heterocycles. The Kier molecular flexibility index (Phi) is 2.90. The van der Waals surface area contributed by atoms with Gasteiger partial charge < -0.3 is 10.4 Å². The molecule has 0 amide bonds. The number of carbonyl (C=O) groups is 1. The quantitative estimate of drug-likeness (QED) is 0.791.